The normalized spacial score (nSPS) is 19.7. The van der Waals surface area contributed by atoms with Crippen LogP contribution in [0.5, 0.6) is 0 Å². The highest BCUT2D eigenvalue weighted by Crippen LogP contribution is 2.23. The monoisotopic (exact) mass is 419 g/mol. The van der Waals surface area contributed by atoms with E-state index in [2.05, 4.69) is 15.8 Å². The van der Waals surface area contributed by atoms with Crippen LogP contribution in [0.25, 0.3) is 0 Å². The highest BCUT2D eigenvalue weighted by molar-refractivity contribution is 7.90. The van der Waals surface area contributed by atoms with Crippen LogP contribution in [-0.4, -0.2) is 50.2 Å². The lowest BCUT2D eigenvalue weighted by atomic mass is 10.0. The summed E-state index contributed by atoms with van der Waals surface area (Å²) in [5.74, 6) is -0.872. The fraction of sp³-hybridized carbons (Fsp3) is 0.450. The lowest BCUT2D eigenvalue weighted by Crippen LogP contribution is -2.35. The first kappa shape index (κ1) is 21.0. The van der Waals surface area contributed by atoms with E-state index in [1.807, 2.05) is 6.92 Å². The largest absolute Gasteiger partial charge is 0.454 e. The average molecular weight is 420 g/mol. The van der Waals surface area contributed by atoms with Crippen LogP contribution >= 0.6 is 0 Å². The third-order valence-corrected chi connectivity index (χ3v) is 6.29. The van der Waals surface area contributed by atoms with Gasteiger partial charge in [0.2, 0.25) is 0 Å². The quantitative estimate of drug-likeness (QED) is 0.710. The lowest BCUT2D eigenvalue weighted by molar-refractivity contribution is -0.152. The molecule has 0 bridgehead atoms. The first-order valence-corrected chi connectivity index (χ1v) is 11.2. The van der Waals surface area contributed by atoms with Crippen molar-refractivity contribution in [1.82, 2.24) is 9.62 Å². The number of nitrogens with one attached hydrogen (secondary N) is 1. The van der Waals surface area contributed by atoms with Crippen LogP contribution in [0.15, 0.2) is 45.9 Å². The van der Waals surface area contributed by atoms with Crippen molar-refractivity contribution in [2.45, 2.75) is 50.5 Å². The highest BCUT2D eigenvalue weighted by Gasteiger charge is 2.31. The summed E-state index contributed by atoms with van der Waals surface area (Å²) in [6.45, 7) is 3.52. The number of likely N-dealkylation sites (N-methyl/N-ethyl adjacent to an activating group) is 1. The Morgan fingerprint density at radius 1 is 1.28 bits per heavy atom. The molecule has 1 aromatic rings. The Balaban J connectivity index is 1.63. The molecule has 0 saturated carbocycles. The van der Waals surface area contributed by atoms with Crippen LogP contribution in [0, 0.1) is 0 Å². The number of benzene rings is 1. The smallest absolute Gasteiger partial charge is 0.331 e. The fourth-order valence-electron chi connectivity index (χ4n) is 3.41. The molecule has 1 aromatic carbocycles. The van der Waals surface area contributed by atoms with Gasteiger partial charge in [-0.25, -0.2) is 13.2 Å². The molecule has 0 aromatic heterocycles. The number of ether oxygens (including phenoxy) is 1. The molecule has 29 heavy (non-hydrogen) atoms. The molecule has 3 rings (SSSR count). The maximum absolute atomic E-state index is 12.5. The van der Waals surface area contributed by atoms with Crippen LogP contribution in [0.1, 0.15) is 45.1 Å². The zero-order chi connectivity index (χ0) is 21.0. The van der Waals surface area contributed by atoms with Gasteiger partial charge in [-0.05, 0) is 51.7 Å². The number of hydrogen-bond acceptors (Lipinski definition) is 6. The summed E-state index contributed by atoms with van der Waals surface area (Å²) in [4.78, 5) is 30.7. The number of allylic oxidation sites excluding steroid dienone is 2. The van der Waals surface area contributed by atoms with Gasteiger partial charge in [0, 0.05) is 17.8 Å². The standard InChI is InChI=1S/C20H25N3O5S/c1-3-23(15-9-5-4-6-10-15)18(24)13-28-20(25)14(2)21-19-16-11-7-8-12-17(16)29(26,27)22-19/h7-9,11-12,14H,3-6,10,13H2,1-2H3,(H,21,22)/t14-/m0/s1. The van der Waals surface area contributed by atoms with Crippen LogP contribution in [0.2, 0.25) is 0 Å². The number of carbonyl (C=O) groups excluding carboxylic acids is 2. The van der Waals surface area contributed by atoms with Gasteiger partial charge in [0.1, 0.15) is 11.9 Å². The molecular weight excluding hydrogens is 394 g/mol. The second-order valence-electron chi connectivity index (χ2n) is 6.94. The number of carbonyl (C=O) groups is 2. The minimum absolute atomic E-state index is 0.0962. The summed E-state index contributed by atoms with van der Waals surface area (Å²) in [7, 11) is -3.68. The summed E-state index contributed by atoms with van der Waals surface area (Å²) in [5, 5.41) is 0. The summed E-state index contributed by atoms with van der Waals surface area (Å²) >= 11 is 0. The van der Waals surface area contributed by atoms with Gasteiger partial charge in [-0.2, -0.15) is 0 Å². The van der Waals surface area contributed by atoms with Gasteiger partial charge in [-0.15, -0.1) is 0 Å². The predicted molar refractivity (Wildman–Crippen MR) is 108 cm³/mol. The van der Waals surface area contributed by atoms with Gasteiger partial charge >= 0.3 is 5.97 Å². The second-order valence-corrected chi connectivity index (χ2v) is 8.59. The summed E-state index contributed by atoms with van der Waals surface area (Å²) in [6, 6.07) is 5.44. The van der Waals surface area contributed by atoms with E-state index in [1.165, 1.54) is 13.0 Å². The molecule has 8 nitrogen and oxygen atoms in total. The fourth-order valence-corrected chi connectivity index (χ4v) is 4.65. The molecule has 1 aliphatic heterocycles. The van der Waals surface area contributed by atoms with E-state index in [9.17, 15) is 18.0 Å². The molecule has 1 N–H and O–H groups in total. The minimum atomic E-state index is -3.68. The van der Waals surface area contributed by atoms with Gasteiger partial charge in [0.25, 0.3) is 15.9 Å². The van der Waals surface area contributed by atoms with Crippen LogP contribution in [-0.2, 0) is 24.3 Å². The molecule has 9 heteroatoms. The van der Waals surface area contributed by atoms with Crippen LogP contribution < -0.4 is 4.72 Å². The predicted octanol–water partition coefficient (Wildman–Crippen LogP) is 1.96. The molecule has 156 valence electrons. The Morgan fingerprint density at radius 3 is 2.72 bits per heavy atom. The molecule has 0 saturated heterocycles. The van der Waals surface area contributed by atoms with Crippen molar-refractivity contribution < 1.29 is 22.7 Å². The SMILES string of the molecule is CCN(C(=O)COC(=O)[C@H](C)N=C1NS(=O)(=O)c2ccccc21)C1=CCCCC1. The first-order valence-electron chi connectivity index (χ1n) is 9.69. The van der Waals surface area contributed by atoms with Crippen molar-refractivity contribution in [2.24, 2.45) is 4.99 Å². The number of amidine groups is 1. The van der Waals surface area contributed by atoms with Gasteiger partial charge in [0.05, 0.1) is 4.90 Å². The number of esters is 1. The zero-order valence-corrected chi connectivity index (χ0v) is 17.4. The summed E-state index contributed by atoms with van der Waals surface area (Å²) in [5.41, 5.74) is 1.38. The van der Waals surface area contributed by atoms with Crippen molar-refractivity contribution in [3.8, 4) is 0 Å². The Kier molecular flexibility index (Phi) is 6.36. The number of aliphatic imine (C=N–C) groups is 1. The lowest BCUT2D eigenvalue weighted by Gasteiger charge is -2.26. The van der Waals surface area contributed by atoms with E-state index in [0.29, 0.717) is 12.1 Å². The maximum atomic E-state index is 12.5. The van der Waals surface area contributed by atoms with Gasteiger partial charge < -0.3 is 9.64 Å². The van der Waals surface area contributed by atoms with Crippen molar-refractivity contribution in [1.29, 1.82) is 0 Å². The van der Waals surface area contributed by atoms with Crippen molar-refractivity contribution in [3.05, 3.63) is 41.6 Å². The highest BCUT2D eigenvalue weighted by atomic mass is 32.2. The first-order chi connectivity index (χ1) is 13.8. The molecule has 2 aliphatic rings. The van der Waals surface area contributed by atoms with E-state index in [1.54, 1.807) is 23.1 Å². The zero-order valence-electron chi connectivity index (χ0n) is 16.6. The van der Waals surface area contributed by atoms with E-state index in [-0.39, 0.29) is 23.2 Å². The second kappa shape index (κ2) is 8.77. The number of amides is 1. The average Bonchev–Trinajstić information content (AvgIpc) is 2.97. The van der Waals surface area contributed by atoms with E-state index >= 15 is 0 Å². The minimum Gasteiger partial charge on any atom is -0.454 e. The van der Waals surface area contributed by atoms with Gasteiger partial charge in [-0.1, -0.05) is 18.2 Å². The van der Waals surface area contributed by atoms with Gasteiger partial charge in [0.15, 0.2) is 6.61 Å². The van der Waals surface area contributed by atoms with E-state index < -0.39 is 22.0 Å². The van der Waals surface area contributed by atoms with E-state index in [4.69, 9.17) is 4.74 Å². The molecule has 1 aliphatic carbocycles. The Labute approximate surface area is 170 Å². The van der Waals surface area contributed by atoms with Crippen molar-refractivity contribution in [2.75, 3.05) is 13.2 Å². The van der Waals surface area contributed by atoms with E-state index in [0.717, 1.165) is 31.4 Å². The molecule has 1 heterocycles. The van der Waals surface area contributed by atoms with Gasteiger partial charge in [-0.3, -0.25) is 14.5 Å². The third kappa shape index (κ3) is 4.67. The molecule has 0 fully saturated rings. The topological polar surface area (TPSA) is 105 Å². The number of sulfonamides is 1. The summed E-state index contributed by atoms with van der Waals surface area (Å²) in [6.07, 6.45) is 6.02. The number of fused-ring (bicyclic) bond motifs is 1. The molecule has 0 radical (unpaired) electrons. The Bertz CT molecular complexity index is 968. The molecule has 1 atom stereocenters. The molecule has 1 amide bonds. The number of rotatable bonds is 6. The Morgan fingerprint density at radius 2 is 2.03 bits per heavy atom. The summed E-state index contributed by atoms with van der Waals surface area (Å²) < 4.78 is 31.7. The third-order valence-electron chi connectivity index (χ3n) is 4.90. The van der Waals surface area contributed by atoms with Crippen LogP contribution in [0.3, 0.4) is 0 Å². The molecular formula is C20H25N3O5S. The Hall–Kier alpha value is -2.68. The molecule has 0 spiro atoms. The van der Waals surface area contributed by atoms with Crippen molar-refractivity contribution in [3.63, 3.8) is 0 Å². The van der Waals surface area contributed by atoms with Crippen molar-refractivity contribution >= 4 is 27.7 Å². The molecule has 0 unspecified atom stereocenters. The van der Waals surface area contributed by atoms with Crippen LogP contribution in [0.4, 0.5) is 0 Å². The number of hydrogen-bond donors (Lipinski definition) is 1. The maximum Gasteiger partial charge on any atom is 0.331 e. The number of nitrogens with zero attached hydrogens (tertiary/aromatic N) is 2.